The van der Waals surface area contributed by atoms with Crippen molar-refractivity contribution in [3.05, 3.63) is 77.9 Å². The smallest absolute Gasteiger partial charge is 0.223 e. The second-order valence-corrected chi connectivity index (χ2v) is 7.27. The number of amides is 1. The van der Waals surface area contributed by atoms with E-state index in [0.717, 1.165) is 24.1 Å². The molecule has 2 aromatic carbocycles. The minimum Gasteiger partial charge on any atom is -0.315 e. The van der Waals surface area contributed by atoms with Gasteiger partial charge in [-0.1, -0.05) is 93.4 Å². The Morgan fingerprint density at radius 3 is 2.15 bits per heavy atom. The zero-order chi connectivity index (χ0) is 19.0. The van der Waals surface area contributed by atoms with E-state index in [2.05, 4.69) is 62.4 Å². The summed E-state index contributed by atoms with van der Waals surface area (Å²) < 4.78 is 0. The topological polar surface area (TPSA) is 20.3 Å². The molecular formula is C24H31NO. The first-order valence-electron chi connectivity index (χ1n) is 9.53. The third-order valence-electron chi connectivity index (χ3n) is 5.20. The van der Waals surface area contributed by atoms with Crippen molar-refractivity contribution in [2.75, 3.05) is 7.05 Å². The van der Waals surface area contributed by atoms with E-state index in [1.807, 2.05) is 25.2 Å². The Balaban J connectivity index is 2.38. The molecule has 2 nitrogen and oxygen atoms in total. The SMILES string of the molecule is CCCC[C@@](C)(C/C=C(\c1ccccc1)N(C)C(C)=O)c1ccccc1. The van der Waals surface area contributed by atoms with Crippen LogP contribution in [0.4, 0.5) is 0 Å². The third-order valence-corrected chi connectivity index (χ3v) is 5.20. The number of nitrogens with zero attached hydrogens (tertiary/aromatic N) is 1. The lowest BCUT2D eigenvalue weighted by Crippen LogP contribution is -2.25. The predicted octanol–water partition coefficient (Wildman–Crippen LogP) is 6.04. The van der Waals surface area contributed by atoms with E-state index in [4.69, 9.17) is 0 Å². The van der Waals surface area contributed by atoms with Gasteiger partial charge in [-0.3, -0.25) is 4.79 Å². The van der Waals surface area contributed by atoms with E-state index in [-0.39, 0.29) is 11.3 Å². The van der Waals surface area contributed by atoms with Gasteiger partial charge in [0.25, 0.3) is 0 Å². The second kappa shape index (κ2) is 9.38. The van der Waals surface area contributed by atoms with Gasteiger partial charge < -0.3 is 4.90 Å². The molecule has 26 heavy (non-hydrogen) atoms. The Morgan fingerprint density at radius 2 is 1.62 bits per heavy atom. The van der Waals surface area contributed by atoms with Crippen LogP contribution in [0.25, 0.3) is 5.70 Å². The van der Waals surface area contributed by atoms with Crippen molar-refractivity contribution in [2.24, 2.45) is 0 Å². The Labute approximate surface area is 158 Å². The van der Waals surface area contributed by atoms with Crippen LogP contribution in [-0.2, 0) is 10.2 Å². The van der Waals surface area contributed by atoms with Gasteiger partial charge in [0.15, 0.2) is 0 Å². The van der Waals surface area contributed by atoms with Crippen LogP contribution >= 0.6 is 0 Å². The predicted molar refractivity (Wildman–Crippen MR) is 111 cm³/mol. The molecule has 0 heterocycles. The molecule has 0 aliphatic heterocycles. The molecule has 1 amide bonds. The molecule has 0 unspecified atom stereocenters. The van der Waals surface area contributed by atoms with Gasteiger partial charge in [0.1, 0.15) is 0 Å². The summed E-state index contributed by atoms with van der Waals surface area (Å²) in [5.74, 6) is 0.0510. The van der Waals surface area contributed by atoms with Gasteiger partial charge in [-0.25, -0.2) is 0 Å². The summed E-state index contributed by atoms with van der Waals surface area (Å²) in [4.78, 5) is 13.8. The summed E-state index contributed by atoms with van der Waals surface area (Å²) in [6.45, 7) is 6.19. The lowest BCUT2D eigenvalue weighted by atomic mass is 9.75. The molecular weight excluding hydrogens is 318 g/mol. The number of hydrogen-bond acceptors (Lipinski definition) is 1. The van der Waals surface area contributed by atoms with Crippen molar-refractivity contribution in [3.8, 4) is 0 Å². The molecule has 0 fully saturated rings. The molecule has 2 rings (SSSR count). The van der Waals surface area contributed by atoms with Crippen molar-refractivity contribution < 1.29 is 4.79 Å². The quantitative estimate of drug-likeness (QED) is 0.568. The summed E-state index contributed by atoms with van der Waals surface area (Å²) in [5, 5.41) is 0. The van der Waals surface area contributed by atoms with Gasteiger partial charge >= 0.3 is 0 Å². The minimum atomic E-state index is 0.0510. The molecule has 0 aromatic heterocycles. The Kier molecular flexibility index (Phi) is 7.20. The normalized spacial score (nSPS) is 13.9. The first-order chi connectivity index (χ1) is 12.5. The number of allylic oxidation sites excluding steroid dienone is 1. The van der Waals surface area contributed by atoms with Crippen LogP contribution < -0.4 is 0 Å². The van der Waals surface area contributed by atoms with E-state index in [0.29, 0.717) is 0 Å². The van der Waals surface area contributed by atoms with Crippen molar-refractivity contribution in [3.63, 3.8) is 0 Å². The fourth-order valence-corrected chi connectivity index (χ4v) is 3.32. The van der Waals surface area contributed by atoms with E-state index >= 15 is 0 Å². The highest BCUT2D eigenvalue weighted by molar-refractivity contribution is 5.84. The molecule has 0 saturated carbocycles. The summed E-state index contributed by atoms with van der Waals surface area (Å²) >= 11 is 0. The van der Waals surface area contributed by atoms with E-state index < -0.39 is 0 Å². The molecule has 2 aromatic rings. The largest absolute Gasteiger partial charge is 0.315 e. The number of rotatable bonds is 8. The Bertz CT molecular complexity index is 720. The highest BCUT2D eigenvalue weighted by Gasteiger charge is 2.25. The molecule has 0 aliphatic carbocycles. The van der Waals surface area contributed by atoms with Crippen molar-refractivity contribution in [2.45, 2.75) is 51.9 Å². The van der Waals surface area contributed by atoms with Crippen LogP contribution in [-0.4, -0.2) is 17.9 Å². The van der Waals surface area contributed by atoms with Gasteiger partial charge in [-0.2, -0.15) is 0 Å². The van der Waals surface area contributed by atoms with E-state index in [1.165, 1.54) is 18.4 Å². The molecule has 0 aliphatic rings. The average Bonchev–Trinajstić information content (AvgIpc) is 2.68. The first kappa shape index (κ1) is 20.0. The molecule has 0 radical (unpaired) electrons. The molecule has 0 saturated heterocycles. The van der Waals surface area contributed by atoms with Crippen LogP contribution in [0.2, 0.25) is 0 Å². The Morgan fingerprint density at radius 1 is 1.04 bits per heavy atom. The monoisotopic (exact) mass is 349 g/mol. The summed E-state index contributed by atoms with van der Waals surface area (Å²) in [6.07, 6.45) is 6.65. The van der Waals surface area contributed by atoms with Crippen LogP contribution in [0.15, 0.2) is 66.7 Å². The number of carbonyl (C=O) groups excluding carboxylic acids is 1. The highest BCUT2D eigenvalue weighted by Crippen LogP contribution is 2.35. The summed E-state index contributed by atoms with van der Waals surface area (Å²) in [7, 11) is 1.85. The van der Waals surface area contributed by atoms with Crippen molar-refractivity contribution >= 4 is 11.6 Å². The fourth-order valence-electron chi connectivity index (χ4n) is 3.32. The fraction of sp³-hybridized carbons (Fsp3) is 0.375. The summed E-state index contributed by atoms with van der Waals surface area (Å²) in [5.41, 5.74) is 3.49. The third kappa shape index (κ3) is 5.08. The lowest BCUT2D eigenvalue weighted by molar-refractivity contribution is -0.124. The van der Waals surface area contributed by atoms with Crippen molar-refractivity contribution in [1.82, 2.24) is 4.90 Å². The van der Waals surface area contributed by atoms with Gasteiger partial charge in [-0.15, -0.1) is 0 Å². The average molecular weight is 350 g/mol. The van der Waals surface area contributed by atoms with Gasteiger partial charge in [0.05, 0.1) is 0 Å². The maximum absolute atomic E-state index is 12.0. The van der Waals surface area contributed by atoms with Crippen LogP contribution in [0.1, 0.15) is 57.6 Å². The van der Waals surface area contributed by atoms with E-state index in [1.54, 1.807) is 11.8 Å². The second-order valence-electron chi connectivity index (χ2n) is 7.27. The molecule has 0 spiro atoms. The Hall–Kier alpha value is -2.35. The molecule has 138 valence electrons. The maximum Gasteiger partial charge on any atom is 0.223 e. The summed E-state index contributed by atoms with van der Waals surface area (Å²) in [6, 6.07) is 20.9. The van der Waals surface area contributed by atoms with E-state index in [9.17, 15) is 4.79 Å². The number of benzene rings is 2. The number of unbranched alkanes of at least 4 members (excludes halogenated alkanes) is 1. The molecule has 2 heteroatoms. The van der Waals surface area contributed by atoms with Crippen LogP contribution in [0.3, 0.4) is 0 Å². The zero-order valence-electron chi connectivity index (χ0n) is 16.5. The zero-order valence-corrected chi connectivity index (χ0v) is 16.5. The molecule has 0 bridgehead atoms. The van der Waals surface area contributed by atoms with Gasteiger partial charge in [0, 0.05) is 19.7 Å². The van der Waals surface area contributed by atoms with Gasteiger partial charge in [0.2, 0.25) is 5.91 Å². The van der Waals surface area contributed by atoms with Crippen molar-refractivity contribution in [1.29, 1.82) is 0 Å². The highest BCUT2D eigenvalue weighted by atomic mass is 16.2. The lowest BCUT2D eigenvalue weighted by Gasteiger charge is -2.30. The van der Waals surface area contributed by atoms with Crippen LogP contribution in [0.5, 0.6) is 0 Å². The van der Waals surface area contributed by atoms with Gasteiger partial charge in [-0.05, 0) is 29.4 Å². The standard InChI is InChI=1S/C24H31NO/c1-5-6-18-24(3,22-15-11-8-12-16-22)19-17-23(25(4)20(2)26)21-13-9-7-10-14-21/h7-17H,5-6,18-19H2,1-4H3/b23-17+/t24-/m0/s1. The van der Waals surface area contributed by atoms with Crippen LogP contribution in [0, 0.1) is 0 Å². The first-order valence-corrected chi connectivity index (χ1v) is 9.53. The minimum absolute atomic E-state index is 0.0510. The maximum atomic E-state index is 12.0. The number of carbonyl (C=O) groups is 1. The number of hydrogen-bond donors (Lipinski definition) is 0. The molecule has 1 atom stereocenters. The molecule has 0 N–H and O–H groups in total.